The minimum Gasteiger partial charge on any atom is -0.507 e. The van der Waals surface area contributed by atoms with E-state index in [-0.39, 0.29) is 16.9 Å². The second-order valence-electron chi connectivity index (χ2n) is 7.72. The van der Waals surface area contributed by atoms with Gasteiger partial charge in [-0.2, -0.15) is 0 Å². The number of aryl methyl sites for hydroxylation is 1. The van der Waals surface area contributed by atoms with Crippen molar-refractivity contribution in [3.63, 3.8) is 0 Å². The summed E-state index contributed by atoms with van der Waals surface area (Å²) in [5, 5.41) is 12.0. The average molecular weight is 498 g/mol. The molecule has 3 aromatic rings. The van der Waals surface area contributed by atoms with Crippen LogP contribution in [0.15, 0.2) is 66.2 Å². The molecule has 1 aliphatic rings. The van der Waals surface area contributed by atoms with Crippen molar-refractivity contribution in [2.45, 2.75) is 13.0 Å². The molecular weight excluding hydrogens is 477 g/mol. The second kappa shape index (κ2) is 9.41. The van der Waals surface area contributed by atoms with E-state index in [2.05, 4.69) is 0 Å². The number of aliphatic hydroxyl groups is 1. The zero-order valence-electron chi connectivity index (χ0n) is 18.6. The number of methoxy groups -OCH3 is 2. The van der Waals surface area contributed by atoms with Crippen LogP contribution >= 0.6 is 23.2 Å². The summed E-state index contributed by atoms with van der Waals surface area (Å²) in [4.78, 5) is 28.0. The molecule has 3 aromatic carbocycles. The number of anilines is 1. The molecular formula is C26H21Cl2NO5. The maximum atomic E-state index is 13.4. The highest BCUT2D eigenvalue weighted by molar-refractivity contribution is 6.52. The fraction of sp³-hybridized carbons (Fsp3) is 0.154. The highest BCUT2D eigenvalue weighted by atomic mass is 35.5. The summed E-state index contributed by atoms with van der Waals surface area (Å²) in [6.45, 7) is 1.87. The van der Waals surface area contributed by atoms with E-state index in [0.29, 0.717) is 32.8 Å². The molecule has 1 heterocycles. The molecule has 1 fully saturated rings. The molecule has 6 nitrogen and oxygen atoms in total. The minimum atomic E-state index is -0.924. The summed E-state index contributed by atoms with van der Waals surface area (Å²) in [6, 6.07) is 15.9. The number of carbonyl (C=O) groups excluding carboxylic acids is 2. The van der Waals surface area contributed by atoms with Crippen LogP contribution in [0.3, 0.4) is 0 Å². The zero-order chi connectivity index (χ0) is 24.6. The lowest BCUT2D eigenvalue weighted by Crippen LogP contribution is -2.29. The summed E-state index contributed by atoms with van der Waals surface area (Å²) in [6.07, 6.45) is 0. The monoisotopic (exact) mass is 497 g/mol. The normalized spacial score (nSPS) is 17.2. The van der Waals surface area contributed by atoms with Gasteiger partial charge in [-0.05, 0) is 54.4 Å². The molecule has 1 unspecified atom stereocenters. The van der Waals surface area contributed by atoms with Crippen LogP contribution in [0.25, 0.3) is 5.76 Å². The highest BCUT2D eigenvalue weighted by Gasteiger charge is 2.47. The van der Waals surface area contributed by atoms with E-state index >= 15 is 0 Å². The number of carbonyl (C=O) groups is 2. The SMILES string of the molecule is COc1ccc(OC)c(/C(O)=C2\C(=O)C(=O)N(c3cc(Cl)cc(Cl)c3)C2c2ccccc2C)c1. The molecule has 1 N–H and O–H groups in total. The number of ether oxygens (including phenoxy) is 2. The van der Waals surface area contributed by atoms with Gasteiger partial charge >= 0.3 is 0 Å². The lowest BCUT2D eigenvalue weighted by atomic mass is 9.92. The van der Waals surface area contributed by atoms with Crippen molar-refractivity contribution in [2.24, 2.45) is 0 Å². The fourth-order valence-corrected chi connectivity index (χ4v) is 4.62. The number of benzene rings is 3. The summed E-state index contributed by atoms with van der Waals surface area (Å²) in [7, 11) is 2.94. The number of hydrogen-bond donors (Lipinski definition) is 1. The van der Waals surface area contributed by atoms with E-state index in [9.17, 15) is 14.7 Å². The van der Waals surface area contributed by atoms with Gasteiger partial charge in [-0.1, -0.05) is 47.5 Å². The van der Waals surface area contributed by atoms with E-state index in [1.807, 2.05) is 19.1 Å². The lowest BCUT2D eigenvalue weighted by Gasteiger charge is -2.27. The van der Waals surface area contributed by atoms with Gasteiger partial charge in [0.15, 0.2) is 0 Å². The molecule has 1 amide bonds. The van der Waals surface area contributed by atoms with Crippen molar-refractivity contribution in [1.29, 1.82) is 0 Å². The van der Waals surface area contributed by atoms with Crippen LogP contribution in [0.2, 0.25) is 10.0 Å². The van der Waals surface area contributed by atoms with E-state index < -0.39 is 17.7 Å². The third-order valence-electron chi connectivity index (χ3n) is 5.71. The first-order valence-corrected chi connectivity index (χ1v) is 11.1. The van der Waals surface area contributed by atoms with Gasteiger partial charge in [-0.15, -0.1) is 0 Å². The quantitative estimate of drug-likeness (QED) is 0.268. The number of hydrogen-bond acceptors (Lipinski definition) is 5. The van der Waals surface area contributed by atoms with Crippen molar-refractivity contribution in [2.75, 3.05) is 19.1 Å². The van der Waals surface area contributed by atoms with Gasteiger partial charge in [0.2, 0.25) is 0 Å². The second-order valence-corrected chi connectivity index (χ2v) is 8.59. The Morgan fingerprint density at radius 1 is 0.941 bits per heavy atom. The first-order valence-electron chi connectivity index (χ1n) is 10.3. The van der Waals surface area contributed by atoms with Gasteiger partial charge in [0.05, 0.1) is 31.4 Å². The van der Waals surface area contributed by atoms with Gasteiger partial charge < -0.3 is 14.6 Å². The fourth-order valence-electron chi connectivity index (χ4n) is 4.11. The maximum Gasteiger partial charge on any atom is 0.300 e. The van der Waals surface area contributed by atoms with Gasteiger partial charge in [0.1, 0.15) is 17.3 Å². The number of ketones is 1. The Morgan fingerprint density at radius 3 is 2.24 bits per heavy atom. The van der Waals surface area contributed by atoms with E-state index in [1.54, 1.807) is 42.5 Å². The van der Waals surface area contributed by atoms with Crippen molar-refractivity contribution < 1.29 is 24.2 Å². The molecule has 0 spiro atoms. The number of amides is 1. The number of rotatable bonds is 5. The van der Waals surface area contributed by atoms with Gasteiger partial charge in [-0.25, -0.2) is 0 Å². The Balaban J connectivity index is 2.03. The van der Waals surface area contributed by atoms with E-state index in [4.69, 9.17) is 32.7 Å². The summed E-state index contributed by atoms with van der Waals surface area (Å²) < 4.78 is 10.7. The molecule has 34 heavy (non-hydrogen) atoms. The van der Waals surface area contributed by atoms with E-state index in [0.717, 1.165) is 5.56 Å². The Kier molecular flexibility index (Phi) is 6.55. The molecule has 0 aromatic heterocycles. The van der Waals surface area contributed by atoms with Crippen LogP contribution in [0.1, 0.15) is 22.7 Å². The molecule has 0 saturated carbocycles. The van der Waals surface area contributed by atoms with Crippen LogP contribution in [0.4, 0.5) is 5.69 Å². The standard InChI is InChI=1S/C26H21Cl2NO5/c1-14-6-4-5-7-19(14)23-22(24(30)20-13-18(33-2)8-9-21(20)34-3)25(31)26(32)29(23)17-11-15(27)10-16(28)12-17/h4-13,23,30H,1-3H3/b24-22+. The van der Waals surface area contributed by atoms with Gasteiger partial charge in [-0.3, -0.25) is 14.5 Å². The average Bonchev–Trinajstić information content (AvgIpc) is 3.08. The van der Waals surface area contributed by atoms with Crippen molar-refractivity contribution in [3.05, 3.63) is 93.0 Å². The topological polar surface area (TPSA) is 76.1 Å². The maximum absolute atomic E-state index is 13.4. The summed E-state index contributed by atoms with van der Waals surface area (Å²) in [5.41, 5.74) is 1.98. The Hall–Kier alpha value is -3.48. The van der Waals surface area contributed by atoms with E-state index in [1.165, 1.54) is 25.2 Å². The Labute approximate surface area is 206 Å². The van der Waals surface area contributed by atoms with Crippen LogP contribution in [-0.2, 0) is 9.59 Å². The molecule has 1 saturated heterocycles. The lowest BCUT2D eigenvalue weighted by molar-refractivity contribution is -0.132. The van der Waals surface area contributed by atoms with Crippen molar-refractivity contribution in [3.8, 4) is 11.5 Å². The zero-order valence-corrected chi connectivity index (χ0v) is 20.1. The van der Waals surface area contributed by atoms with Gasteiger partial charge in [0, 0.05) is 15.7 Å². The summed E-state index contributed by atoms with van der Waals surface area (Å²) in [5.74, 6) is -1.26. The Bertz CT molecular complexity index is 1310. The molecule has 4 rings (SSSR count). The number of aliphatic hydroxyl groups excluding tert-OH is 1. The predicted molar refractivity (Wildman–Crippen MR) is 132 cm³/mol. The Morgan fingerprint density at radius 2 is 1.62 bits per heavy atom. The summed E-state index contributed by atoms with van der Waals surface area (Å²) >= 11 is 12.4. The van der Waals surface area contributed by atoms with Crippen LogP contribution in [-0.4, -0.2) is 31.0 Å². The molecule has 1 atom stereocenters. The molecule has 0 radical (unpaired) electrons. The van der Waals surface area contributed by atoms with Crippen LogP contribution in [0.5, 0.6) is 11.5 Å². The number of nitrogens with zero attached hydrogens (tertiary/aromatic N) is 1. The highest BCUT2D eigenvalue weighted by Crippen LogP contribution is 2.45. The van der Waals surface area contributed by atoms with Crippen molar-refractivity contribution >= 4 is 46.3 Å². The first kappa shape index (κ1) is 23.7. The van der Waals surface area contributed by atoms with Gasteiger partial charge in [0.25, 0.3) is 11.7 Å². The molecule has 8 heteroatoms. The number of halogens is 2. The van der Waals surface area contributed by atoms with Crippen molar-refractivity contribution in [1.82, 2.24) is 0 Å². The third-order valence-corrected chi connectivity index (χ3v) is 6.15. The molecule has 174 valence electrons. The van der Waals surface area contributed by atoms with Crippen LogP contribution in [0, 0.1) is 6.92 Å². The first-order chi connectivity index (χ1) is 16.3. The molecule has 0 aliphatic carbocycles. The van der Waals surface area contributed by atoms with Crippen LogP contribution < -0.4 is 14.4 Å². The number of Topliss-reactive ketones (excluding diaryl/α,β-unsaturated/α-hetero) is 1. The minimum absolute atomic E-state index is 0.0815. The predicted octanol–water partition coefficient (Wildman–Crippen LogP) is 5.95. The molecule has 0 bridgehead atoms. The molecule has 1 aliphatic heterocycles. The largest absolute Gasteiger partial charge is 0.507 e. The third kappa shape index (κ3) is 4.11. The smallest absolute Gasteiger partial charge is 0.300 e.